The summed E-state index contributed by atoms with van der Waals surface area (Å²) in [5, 5.41) is 10.5. The van der Waals surface area contributed by atoms with Crippen LogP contribution < -0.4 is 5.73 Å². The molecule has 1 aromatic heterocycles. The Balaban J connectivity index is 1.90. The number of fused-ring (bicyclic) bond motifs is 1. The van der Waals surface area contributed by atoms with Gasteiger partial charge in [0.05, 0.1) is 0 Å². The molecule has 184 valence electrons. The highest BCUT2D eigenvalue weighted by atomic mass is 16.4. The number of hydrogen-bond acceptors (Lipinski definition) is 4. The Labute approximate surface area is 210 Å². The Bertz CT molecular complexity index is 1480. The normalized spacial score (nSPS) is 13.4. The van der Waals surface area contributed by atoms with Crippen LogP contribution in [0.15, 0.2) is 72.9 Å². The predicted molar refractivity (Wildman–Crippen MR) is 141 cm³/mol. The van der Waals surface area contributed by atoms with Crippen molar-refractivity contribution in [2.75, 3.05) is 0 Å². The third-order valence-corrected chi connectivity index (χ3v) is 6.66. The van der Waals surface area contributed by atoms with Crippen LogP contribution in [0.4, 0.5) is 0 Å². The highest BCUT2D eigenvalue weighted by molar-refractivity contribution is 6.35. The van der Waals surface area contributed by atoms with Gasteiger partial charge in [0.2, 0.25) is 11.3 Å². The van der Waals surface area contributed by atoms with Crippen LogP contribution in [0.3, 0.4) is 0 Å². The molecule has 0 aliphatic heterocycles. The number of carbonyl (C=O) groups excluding carboxylic acids is 2. The van der Waals surface area contributed by atoms with E-state index in [9.17, 15) is 19.5 Å². The van der Waals surface area contributed by atoms with Crippen molar-refractivity contribution in [3.8, 4) is 11.1 Å². The van der Waals surface area contributed by atoms with E-state index >= 15 is 0 Å². The fourth-order valence-electron chi connectivity index (χ4n) is 4.50. The largest absolute Gasteiger partial charge is 0.479 e. The van der Waals surface area contributed by atoms with Crippen LogP contribution in [0.2, 0.25) is 0 Å². The zero-order valence-electron chi connectivity index (χ0n) is 20.9. The van der Waals surface area contributed by atoms with Crippen molar-refractivity contribution >= 4 is 28.9 Å². The molecule has 3 N–H and O–H groups in total. The topological polar surface area (TPSA) is 102 Å². The molecule has 0 saturated heterocycles. The number of aliphatic carboxylic acids is 1. The van der Waals surface area contributed by atoms with Crippen LogP contribution in [-0.2, 0) is 31.9 Å². The van der Waals surface area contributed by atoms with Crippen molar-refractivity contribution in [2.24, 2.45) is 5.73 Å². The molecule has 6 heteroatoms. The number of nitrogens with zero attached hydrogens (tertiary/aromatic N) is 1. The van der Waals surface area contributed by atoms with Gasteiger partial charge in [-0.25, -0.2) is 4.79 Å². The van der Waals surface area contributed by atoms with Crippen molar-refractivity contribution in [1.29, 1.82) is 0 Å². The molecule has 0 fully saturated rings. The van der Waals surface area contributed by atoms with Gasteiger partial charge in [0, 0.05) is 29.2 Å². The smallest absolute Gasteiger partial charge is 0.336 e. The van der Waals surface area contributed by atoms with E-state index in [0.29, 0.717) is 11.9 Å². The van der Waals surface area contributed by atoms with E-state index in [1.807, 2.05) is 66.1 Å². The maximum Gasteiger partial charge on any atom is 0.336 e. The summed E-state index contributed by atoms with van der Waals surface area (Å²) in [6, 6.07) is 21.9. The highest BCUT2D eigenvalue weighted by Gasteiger charge is 2.46. The lowest BCUT2D eigenvalue weighted by Gasteiger charge is -2.20. The maximum atomic E-state index is 12.5. The quantitative estimate of drug-likeness (QED) is 0.220. The molecular formula is C30H30N2O4. The average Bonchev–Trinajstić information content (AvgIpc) is 3.20. The number of aldehydes is 1. The van der Waals surface area contributed by atoms with Gasteiger partial charge in [0.25, 0.3) is 0 Å². The lowest BCUT2D eigenvalue weighted by molar-refractivity contribution is -0.150. The van der Waals surface area contributed by atoms with Gasteiger partial charge < -0.3 is 15.4 Å². The van der Waals surface area contributed by atoms with Gasteiger partial charge in [-0.15, -0.1) is 0 Å². The molecule has 3 aromatic carbocycles. The van der Waals surface area contributed by atoms with E-state index in [4.69, 9.17) is 5.73 Å². The number of carbonyl (C=O) groups is 3. The van der Waals surface area contributed by atoms with Gasteiger partial charge >= 0.3 is 5.97 Å². The maximum absolute atomic E-state index is 12.5. The monoisotopic (exact) mass is 482 g/mol. The number of benzene rings is 3. The number of carboxylic acid groups (broad SMARTS) is 1. The molecule has 4 aromatic rings. The Morgan fingerprint density at radius 1 is 0.972 bits per heavy atom. The number of Topliss-reactive ketones (excluding diaryl/α,β-unsaturated/α-hetero) is 1. The van der Waals surface area contributed by atoms with E-state index in [1.165, 1.54) is 5.56 Å². The van der Waals surface area contributed by atoms with Gasteiger partial charge in [-0.3, -0.25) is 9.59 Å². The molecule has 0 amide bonds. The SMILES string of the molecule is Cc1cccc(-c2ccc3c(c2)c(C(N)(C(=O)O)C(=O)C=O)cn3Cc2ccc(C(C)(C)C)cc2)c1. The summed E-state index contributed by atoms with van der Waals surface area (Å²) in [5.41, 5.74) is 9.61. The highest BCUT2D eigenvalue weighted by Crippen LogP contribution is 2.34. The number of hydrogen-bond donors (Lipinski definition) is 2. The number of ketones is 1. The average molecular weight is 483 g/mol. The van der Waals surface area contributed by atoms with Crippen LogP contribution in [0, 0.1) is 6.92 Å². The van der Waals surface area contributed by atoms with E-state index in [1.54, 1.807) is 6.20 Å². The van der Waals surface area contributed by atoms with Gasteiger partial charge in [0.15, 0.2) is 6.29 Å². The molecule has 1 heterocycles. The van der Waals surface area contributed by atoms with Crippen LogP contribution in [0.1, 0.15) is 43.0 Å². The fourth-order valence-corrected chi connectivity index (χ4v) is 4.50. The Morgan fingerprint density at radius 2 is 1.64 bits per heavy atom. The molecule has 0 bridgehead atoms. The first-order chi connectivity index (χ1) is 16.9. The summed E-state index contributed by atoms with van der Waals surface area (Å²) in [5.74, 6) is -2.78. The number of carboxylic acids is 1. The first kappa shape index (κ1) is 25.1. The molecular weight excluding hydrogens is 452 g/mol. The summed E-state index contributed by atoms with van der Waals surface area (Å²) in [6.45, 7) is 8.88. The van der Waals surface area contributed by atoms with Gasteiger partial charge in [0.1, 0.15) is 0 Å². The number of rotatable bonds is 7. The summed E-state index contributed by atoms with van der Waals surface area (Å²) in [6.07, 6.45) is 1.56. The second-order valence-electron chi connectivity index (χ2n) is 10.3. The summed E-state index contributed by atoms with van der Waals surface area (Å²) in [7, 11) is 0. The lowest BCUT2D eigenvalue weighted by atomic mass is 9.86. The molecule has 0 spiro atoms. The molecule has 36 heavy (non-hydrogen) atoms. The van der Waals surface area contributed by atoms with E-state index in [-0.39, 0.29) is 17.3 Å². The molecule has 1 atom stereocenters. The zero-order valence-corrected chi connectivity index (χ0v) is 20.9. The van der Waals surface area contributed by atoms with Gasteiger partial charge in [-0.05, 0) is 46.7 Å². The first-order valence-electron chi connectivity index (χ1n) is 11.8. The van der Waals surface area contributed by atoms with Crippen molar-refractivity contribution in [2.45, 2.75) is 45.2 Å². The van der Waals surface area contributed by atoms with Crippen LogP contribution in [0.25, 0.3) is 22.0 Å². The Kier molecular flexibility index (Phi) is 6.41. The molecule has 0 aliphatic rings. The van der Waals surface area contributed by atoms with Crippen LogP contribution in [0.5, 0.6) is 0 Å². The van der Waals surface area contributed by atoms with Gasteiger partial charge in [-0.2, -0.15) is 0 Å². The lowest BCUT2D eigenvalue weighted by Crippen LogP contribution is -2.52. The first-order valence-corrected chi connectivity index (χ1v) is 11.8. The van der Waals surface area contributed by atoms with Crippen molar-refractivity contribution in [3.05, 3.63) is 95.2 Å². The van der Waals surface area contributed by atoms with Crippen LogP contribution in [-0.4, -0.2) is 27.7 Å². The van der Waals surface area contributed by atoms with E-state index in [0.717, 1.165) is 27.8 Å². The number of aryl methyl sites for hydroxylation is 1. The fraction of sp³-hybridized carbons (Fsp3) is 0.233. The minimum atomic E-state index is -2.49. The zero-order chi connectivity index (χ0) is 26.3. The minimum Gasteiger partial charge on any atom is -0.479 e. The second kappa shape index (κ2) is 9.21. The third kappa shape index (κ3) is 4.48. The van der Waals surface area contributed by atoms with E-state index < -0.39 is 17.3 Å². The molecule has 4 rings (SSSR count). The van der Waals surface area contributed by atoms with Crippen LogP contribution >= 0.6 is 0 Å². The van der Waals surface area contributed by atoms with Crippen molar-refractivity contribution in [3.63, 3.8) is 0 Å². The molecule has 6 nitrogen and oxygen atoms in total. The van der Waals surface area contributed by atoms with Crippen molar-refractivity contribution in [1.82, 2.24) is 4.57 Å². The second-order valence-corrected chi connectivity index (χ2v) is 10.3. The molecule has 0 aliphatic carbocycles. The number of aromatic nitrogens is 1. The Hall–Kier alpha value is -4.03. The van der Waals surface area contributed by atoms with E-state index in [2.05, 4.69) is 32.9 Å². The summed E-state index contributed by atoms with van der Waals surface area (Å²) in [4.78, 5) is 36.2. The standard InChI is InChI=1S/C30H30N2O4/c1-19-6-5-7-21(14-19)22-10-13-26-24(15-22)25(30(31,28(35)36)27(34)18-33)17-32(26)16-20-8-11-23(12-9-20)29(2,3)4/h5-15,17-18H,16,31H2,1-4H3,(H,35,36). The summed E-state index contributed by atoms with van der Waals surface area (Å²) < 4.78 is 1.87. The molecule has 1 unspecified atom stereocenters. The van der Waals surface area contributed by atoms with Gasteiger partial charge in [-0.1, -0.05) is 80.9 Å². The van der Waals surface area contributed by atoms with Crippen molar-refractivity contribution < 1.29 is 19.5 Å². The third-order valence-electron chi connectivity index (χ3n) is 6.66. The molecule has 0 radical (unpaired) electrons. The Morgan fingerprint density at radius 3 is 2.22 bits per heavy atom. The molecule has 0 saturated carbocycles. The summed E-state index contributed by atoms with van der Waals surface area (Å²) >= 11 is 0. The minimum absolute atomic E-state index is 0.0209. The predicted octanol–water partition coefficient (Wildman–Crippen LogP) is 4.97. The number of nitrogens with two attached hydrogens (primary N) is 1.